The van der Waals surface area contributed by atoms with Gasteiger partial charge in [-0.2, -0.15) is 0 Å². The highest BCUT2D eigenvalue weighted by molar-refractivity contribution is 8.00. The molecular formula is C36H60O5S. The van der Waals surface area contributed by atoms with Crippen LogP contribution in [0, 0.1) is 0 Å². The second-order valence-corrected chi connectivity index (χ2v) is 15.2. The van der Waals surface area contributed by atoms with Crippen molar-refractivity contribution in [1.82, 2.24) is 0 Å². The van der Waals surface area contributed by atoms with Gasteiger partial charge in [-0.3, -0.25) is 0 Å². The predicted octanol–water partition coefficient (Wildman–Crippen LogP) is 10.2. The van der Waals surface area contributed by atoms with E-state index in [0.29, 0.717) is 6.61 Å². The highest BCUT2D eigenvalue weighted by atomic mass is 32.2. The average molecular weight is 605 g/mol. The summed E-state index contributed by atoms with van der Waals surface area (Å²) in [6.45, 7) is 10.8. The summed E-state index contributed by atoms with van der Waals surface area (Å²) < 4.78 is 32.4. The standard InChI is InChI=1S/C36H60O5S/c1-6-7-8-9-10-11-12-13-14-15-16-17-18-19-23-26-36(42-29-24-21-20-22-25-29)27-30-32(40-35(4,5)38-30)33(41-36)31-28-37-34(2,3)39-31/h20-22,24-25,30-33H,6-19,23,26-28H2,1-5H3/t30?,31-,32-,33-,36?/m1/s1. The van der Waals surface area contributed by atoms with Crippen molar-refractivity contribution in [1.29, 1.82) is 0 Å². The molecule has 4 rings (SSSR count). The Kier molecular flexibility index (Phi) is 13.5. The number of hydrogen-bond acceptors (Lipinski definition) is 6. The second-order valence-electron chi connectivity index (χ2n) is 13.8. The lowest BCUT2D eigenvalue weighted by molar-refractivity contribution is -0.212. The molecule has 5 atom stereocenters. The Bertz CT molecular complexity index is 892. The van der Waals surface area contributed by atoms with Gasteiger partial charge >= 0.3 is 0 Å². The van der Waals surface area contributed by atoms with Crippen molar-refractivity contribution in [3.05, 3.63) is 30.3 Å². The number of fused-ring (bicyclic) bond motifs is 1. The van der Waals surface area contributed by atoms with Gasteiger partial charge in [0.15, 0.2) is 11.6 Å². The summed E-state index contributed by atoms with van der Waals surface area (Å²) in [5, 5.41) is 0. The number of unbranched alkanes of at least 4 members (excludes halogenated alkanes) is 14. The van der Waals surface area contributed by atoms with Crippen molar-refractivity contribution >= 4 is 11.8 Å². The number of thioether (sulfide) groups is 1. The Morgan fingerprint density at radius 2 is 1.14 bits per heavy atom. The minimum atomic E-state index is -0.631. The number of hydrogen-bond donors (Lipinski definition) is 0. The van der Waals surface area contributed by atoms with Gasteiger partial charge in [0.05, 0.1) is 12.7 Å². The zero-order valence-electron chi connectivity index (χ0n) is 27.4. The van der Waals surface area contributed by atoms with Crippen LogP contribution in [0.25, 0.3) is 0 Å². The third kappa shape index (κ3) is 10.8. The predicted molar refractivity (Wildman–Crippen MR) is 173 cm³/mol. The molecule has 42 heavy (non-hydrogen) atoms. The van der Waals surface area contributed by atoms with Crippen molar-refractivity contribution in [2.24, 2.45) is 0 Å². The van der Waals surface area contributed by atoms with Gasteiger partial charge in [0, 0.05) is 11.3 Å². The summed E-state index contributed by atoms with van der Waals surface area (Å²) in [6, 6.07) is 10.7. The van der Waals surface area contributed by atoms with Gasteiger partial charge in [-0.05, 0) is 52.7 Å². The quantitative estimate of drug-likeness (QED) is 0.146. The number of rotatable bonds is 19. The fourth-order valence-corrected chi connectivity index (χ4v) is 8.26. The van der Waals surface area contributed by atoms with Crippen molar-refractivity contribution in [3.8, 4) is 0 Å². The van der Waals surface area contributed by atoms with E-state index in [4.69, 9.17) is 23.7 Å². The Labute approximate surface area is 261 Å². The summed E-state index contributed by atoms with van der Waals surface area (Å²) in [7, 11) is 0. The molecule has 1 aromatic carbocycles. The molecular weight excluding hydrogens is 544 g/mol. The van der Waals surface area contributed by atoms with Crippen LogP contribution in [-0.4, -0.2) is 47.5 Å². The lowest BCUT2D eigenvalue weighted by atomic mass is 9.91. The first-order valence-electron chi connectivity index (χ1n) is 17.3. The summed E-state index contributed by atoms with van der Waals surface area (Å²) in [4.78, 5) is 0.849. The molecule has 0 aliphatic carbocycles. The van der Waals surface area contributed by atoms with Crippen molar-refractivity contribution in [2.45, 2.75) is 190 Å². The van der Waals surface area contributed by atoms with Crippen LogP contribution in [0.2, 0.25) is 0 Å². The highest BCUT2D eigenvalue weighted by Gasteiger charge is 2.58. The Morgan fingerprint density at radius 3 is 1.69 bits per heavy atom. The maximum Gasteiger partial charge on any atom is 0.163 e. The normalized spacial score (nSPS) is 30.0. The fraction of sp³-hybridized carbons (Fsp3) is 0.833. The van der Waals surface area contributed by atoms with Crippen LogP contribution in [0.15, 0.2) is 35.2 Å². The SMILES string of the molecule is CCCCCCCCCCCCCCCCCC1(Sc2ccccc2)CC2OC(C)(C)O[C@H]2[C@@H]([C@H]2COC(C)(C)O2)O1. The smallest absolute Gasteiger partial charge is 0.163 e. The topological polar surface area (TPSA) is 46.2 Å². The van der Waals surface area contributed by atoms with Crippen LogP contribution in [0.3, 0.4) is 0 Å². The largest absolute Gasteiger partial charge is 0.355 e. The molecule has 0 bridgehead atoms. The van der Waals surface area contributed by atoms with Crippen molar-refractivity contribution in [2.75, 3.05) is 6.61 Å². The maximum absolute atomic E-state index is 7.13. The van der Waals surface area contributed by atoms with Gasteiger partial charge in [0.2, 0.25) is 0 Å². The van der Waals surface area contributed by atoms with Crippen LogP contribution in [-0.2, 0) is 23.7 Å². The van der Waals surface area contributed by atoms with E-state index in [0.717, 1.165) is 19.3 Å². The molecule has 240 valence electrons. The van der Waals surface area contributed by atoms with Gasteiger partial charge in [0.25, 0.3) is 0 Å². The molecule has 3 saturated heterocycles. The maximum atomic E-state index is 7.13. The van der Waals surface area contributed by atoms with E-state index >= 15 is 0 Å². The number of benzene rings is 1. The Morgan fingerprint density at radius 1 is 0.619 bits per heavy atom. The molecule has 0 N–H and O–H groups in total. The third-order valence-corrected chi connectivity index (χ3v) is 10.4. The van der Waals surface area contributed by atoms with E-state index in [-0.39, 0.29) is 29.3 Å². The van der Waals surface area contributed by atoms with Gasteiger partial charge in [-0.15, -0.1) is 0 Å². The fourth-order valence-electron chi connectivity index (χ4n) is 6.88. The summed E-state index contributed by atoms with van der Waals surface area (Å²) in [5.74, 6) is -1.24. The van der Waals surface area contributed by atoms with E-state index < -0.39 is 11.6 Å². The van der Waals surface area contributed by atoms with Crippen LogP contribution >= 0.6 is 11.8 Å². The summed E-state index contributed by atoms with van der Waals surface area (Å²) >= 11 is 1.86. The molecule has 0 radical (unpaired) electrons. The lowest BCUT2D eigenvalue weighted by Crippen LogP contribution is -2.57. The molecule has 5 nitrogen and oxygen atoms in total. The molecule has 6 heteroatoms. The summed E-state index contributed by atoms with van der Waals surface area (Å²) in [5.41, 5.74) is 0. The first-order valence-corrected chi connectivity index (χ1v) is 18.1. The van der Waals surface area contributed by atoms with E-state index in [2.05, 4.69) is 37.3 Å². The molecule has 0 aromatic heterocycles. The third-order valence-electron chi connectivity index (χ3n) is 9.01. The zero-order valence-corrected chi connectivity index (χ0v) is 28.2. The second kappa shape index (κ2) is 16.6. The van der Waals surface area contributed by atoms with E-state index in [9.17, 15) is 0 Å². The average Bonchev–Trinajstić information content (AvgIpc) is 3.47. The number of ether oxygens (including phenoxy) is 5. The van der Waals surface area contributed by atoms with Crippen molar-refractivity contribution in [3.63, 3.8) is 0 Å². The van der Waals surface area contributed by atoms with Crippen LogP contribution in [0.4, 0.5) is 0 Å². The molecule has 3 aliphatic rings. The molecule has 0 saturated carbocycles. The molecule has 3 aliphatic heterocycles. The van der Waals surface area contributed by atoms with E-state index in [1.54, 1.807) is 0 Å². The minimum Gasteiger partial charge on any atom is -0.355 e. The molecule has 2 unspecified atom stereocenters. The molecule has 0 amide bonds. The van der Waals surface area contributed by atoms with Gasteiger partial charge in [0.1, 0.15) is 23.2 Å². The molecule has 3 fully saturated rings. The zero-order chi connectivity index (χ0) is 29.9. The van der Waals surface area contributed by atoms with E-state index in [1.165, 1.54) is 94.8 Å². The van der Waals surface area contributed by atoms with Gasteiger partial charge in [-0.1, -0.05) is 127 Å². The molecule has 0 spiro atoms. The van der Waals surface area contributed by atoms with Gasteiger partial charge < -0.3 is 23.7 Å². The first kappa shape index (κ1) is 34.2. The first-order chi connectivity index (χ1) is 20.2. The highest BCUT2D eigenvalue weighted by Crippen LogP contribution is 2.51. The van der Waals surface area contributed by atoms with Crippen LogP contribution in [0.1, 0.15) is 144 Å². The van der Waals surface area contributed by atoms with Gasteiger partial charge in [-0.25, -0.2) is 0 Å². The summed E-state index contributed by atoms with van der Waals surface area (Å²) in [6.07, 6.45) is 21.8. The van der Waals surface area contributed by atoms with Crippen LogP contribution < -0.4 is 0 Å². The van der Waals surface area contributed by atoms with Crippen molar-refractivity contribution < 1.29 is 23.7 Å². The van der Waals surface area contributed by atoms with Crippen LogP contribution in [0.5, 0.6) is 0 Å². The Hall–Kier alpha value is -0.630. The monoisotopic (exact) mass is 604 g/mol. The lowest BCUT2D eigenvalue weighted by Gasteiger charge is -2.46. The Balaban J connectivity index is 1.25. The molecule has 1 aromatic rings. The minimum absolute atomic E-state index is 0.0291. The van der Waals surface area contributed by atoms with E-state index in [1.807, 2.05) is 39.5 Å². The molecule has 3 heterocycles.